The number of aryl methyl sites for hydroxylation is 2. The molecule has 1 N–H and O–H groups in total. The Labute approximate surface area is 108 Å². The third-order valence-corrected chi connectivity index (χ3v) is 4.33. The minimum atomic E-state index is -0.828. The Kier molecular flexibility index (Phi) is 2.98. The lowest BCUT2D eigenvalue weighted by Gasteiger charge is -2.51. The highest BCUT2D eigenvalue weighted by Crippen LogP contribution is 2.48. The molecule has 0 saturated carbocycles. The van der Waals surface area contributed by atoms with Crippen LogP contribution in [0.15, 0.2) is 18.2 Å². The molecule has 0 bridgehead atoms. The minimum Gasteiger partial charge on any atom is -0.481 e. The van der Waals surface area contributed by atoms with E-state index in [0.29, 0.717) is 13.2 Å². The van der Waals surface area contributed by atoms with Gasteiger partial charge in [0, 0.05) is 0 Å². The van der Waals surface area contributed by atoms with Crippen LogP contribution in [0.3, 0.4) is 0 Å². The summed E-state index contributed by atoms with van der Waals surface area (Å²) in [7, 11) is 0. The minimum absolute atomic E-state index is 0.406. The summed E-state index contributed by atoms with van der Waals surface area (Å²) in [5.74, 6) is -0.772. The van der Waals surface area contributed by atoms with Gasteiger partial charge >= 0.3 is 5.97 Å². The number of ether oxygens (including phenoxy) is 1. The predicted octanol–water partition coefficient (Wildman–Crippen LogP) is 2.68. The number of aliphatic carboxylic acids is 1. The van der Waals surface area contributed by atoms with Crippen LogP contribution in [0.5, 0.6) is 0 Å². The normalized spacial score (nSPS) is 18.2. The van der Waals surface area contributed by atoms with Crippen molar-refractivity contribution in [2.24, 2.45) is 5.41 Å². The number of hydrogen-bond acceptors (Lipinski definition) is 2. The molecule has 18 heavy (non-hydrogen) atoms. The molecule has 0 amide bonds. The summed E-state index contributed by atoms with van der Waals surface area (Å²) in [4.78, 5) is 11.6. The summed E-state index contributed by atoms with van der Waals surface area (Å²) in [6.45, 7) is 8.63. The molecule has 0 spiro atoms. The number of benzene rings is 1. The van der Waals surface area contributed by atoms with Gasteiger partial charge in [-0.3, -0.25) is 4.79 Å². The lowest BCUT2D eigenvalue weighted by atomic mass is 9.59. The van der Waals surface area contributed by atoms with Crippen molar-refractivity contribution in [1.82, 2.24) is 0 Å². The third-order valence-electron chi connectivity index (χ3n) is 4.33. The van der Waals surface area contributed by atoms with Crippen molar-refractivity contribution in [1.29, 1.82) is 0 Å². The summed E-state index contributed by atoms with van der Waals surface area (Å²) in [5.41, 5.74) is 2.21. The lowest BCUT2D eigenvalue weighted by molar-refractivity contribution is -0.171. The molecule has 0 atom stereocenters. The van der Waals surface area contributed by atoms with Gasteiger partial charge in [-0.05, 0) is 38.8 Å². The Bertz CT molecular complexity index is 485. The number of rotatable bonds is 3. The van der Waals surface area contributed by atoms with E-state index in [1.165, 1.54) is 5.56 Å². The molecule has 1 aliphatic heterocycles. The summed E-state index contributed by atoms with van der Waals surface area (Å²) in [5, 5.41) is 9.49. The summed E-state index contributed by atoms with van der Waals surface area (Å²) >= 11 is 0. The Morgan fingerprint density at radius 3 is 2.33 bits per heavy atom. The largest absolute Gasteiger partial charge is 0.481 e. The number of carboxylic acid groups (broad SMARTS) is 1. The standard InChI is InChI=1S/C15H20O3/c1-10-5-6-12(11(2)7-10)15(8-18-9-15)14(3,4)13(16)17/h5-7H,8-9H2,1-4H3,(H,16,17). The molecule has 1 fully saturated rings. The Morgan fingerprint density at radius 1 is 1.33 bits per heavy atom. The second kappa shape index (κ2) is 4.09. The van der Waals surface area contributed by atoms with Gasteiger partial charge in [0.1, 0.15) is 0 Å². The average Bonchev–Trinajstić information content (AvgIpc) is 2.18. The first-order valence-electron chi connectivity index (χ1n) is 6.20. The Hall–Kier alpha value is -1.35. The van der Waals surface area contributed by atoms with Crippen LogP contribution in [0.4, 0.5) is 0 Å². The molecule has 1 heterocycles. The van der Waals surface area contributed by atoms with Gasteiger partial charge in [0.25, 0.3) is 0 Å². The Balaban J connectivity index is 2.54. The highest BCUT2D eigenvalue weighted by Gasteiger charge is 2.56. The van der Waals surface area contributed by atoms with E-state index in [9.17, 15) is 9.90 Å². The monoisotopic (exact) mass is 248 g/mol. The average molecular weight is 248 g/mol. The SMILES string of the molecule is Cc1ccc(C2(C(C)(C)C(=O)O)COC2)c(C)c1. The maximum Gasteiger partial charge on any atom is 0.310 e. The van der Waals surface area contributed by atoms with Gasteiger partial charge in [0.05, 0.1) is 24.0 Å². The fraction of sp³-hybridized carbons (Fsp3) is 0.533. The van der Waals surface area contributed by atoms with Crippen molar-refractivity contribution in [2.45, 2.75) is 33.1 Å². The van der Waals surface area contributed by atoms with Gasteiger partial charge in [0.15, 0.2) is 0 Å². The van der Waals surface area contributed by atoms with Crippen LogP contribution in [0, 0.1) is 19.3 Å². The molecular weight excluding hydrogens is 228 g/mol. The second-order valence-corrected chi connectivity index (χ2v) is 5.82. The maximum absolute atomic E-state index is 11.6. The molecule has 2 rings (SSSR count). The lowest BCUT2D eigenvalue weighted by Crippen LogP contribution is -2.60. The van der Waals surface area contributed by atoms with E-state index >= 15 is 0 Å². The van der Waals surface area contributed by atoms with Crippen LogP contribution >= 0.6 is 0 Å². The molecule has 3 heteroatoms. The molecule has 98 valence electrons. The molecule has 1 aliphatic rings. The van der Waals surface area contributed by atoms with E-state index in [-0.39, 0.29) is 0 Å². The fourth-order valence-corrected chi connectivity index (χ4v) is 2.71. The van der Waals surface area contributed by atoms with Gasteiger partial charge in [-0.25, -0.2) is 0 Å². The van der Waals surface area contributed by atoms with Crippen LogP contribution in [-0.2, 0) is 14.9 Å². The Morgan fingerprint density at radius 2 is 1.94 bits per heavy atom. The van der Waals surface area contributed by atoms with Gasteiger partial charge in [0.2, 0.25) is 0 Å². The summed E-state index contributed by atoms with van der Waals surface area (Å²) in [6, 6.07) is 6.20. The van der Waals surface area contributed by atoms with Crippen molar-refractivity contribution in [2.75, 3.05) is 13.2 Å². The highest BCUT2D eigenvalue weighted by molar-refractivity contribution is 5.77. The summed E-state index contributed by atoms with van der Waals surface area (Å²) < 4.78 is 5.35. The van der Waals surface area contributed by atoms with Gasteiger partial charge in [-0.2, -0.15) is 0 Å². The van der Waals surface area contributed by atoms with Crippen molar-refractivity contribution >= 4 is 5.97 Å². The van der Waals surface area contributed by atoms with Crippen molar-refractivity contribution < 1.29 is 14.6 Å². The molecule has 1 aromatic rings. The van der Waals surface area contributed by atoms with Crippen LogP contribution in [-0.4, -0.2) is 24.3 Å². The maximum atomic E-state index is 11.6. The molecule has 0 radical (unpaired) electrons. The highest BCUT2D eigenvalue weighted by atomic mass is 16.5. The molecule has 3 nitrogen and oxygen atoms in total. The number of carboxylic acids is 1. The van der Waals surface area contributed by atoms with Crippen LogP contribution in [0.1, 0.15) is 30.5 Å². The van der Waals surface area contributed by atoms with E-state index in [4.69, 9.17) is 4.74 Å². The first-order chi connectivity index (χ1) is 8.31. The van der Waals surface area contributed by atoms with Crippen molar-refractivity contribution in [3.8, 4) is 0 Å². The van der Waals surface area contributed by atoms with E-state index in [1.54, 1.807) is 13.8 Å². The summed E-state index contributed by atoms with van der Waals surface area (Å²) in [6.07, 6.45) is 0. The zero-order valence-corrected chi connectivity index (χ0v) is 11.4. The third kappa shape index (κ3) is 1.65. The zero-order chi connectivity index (χ0) is 13.6. The fourth-order valence-electron chi connectivity index (χ4n) is 2.71. The molecule has 0 aliphatic carbocycles. The molecule has 0 aromatic heterocycles. The van der Waals surface area contributed by atoms with Crippen molar-refractivity contribution in [3.05, 3.63) is 34.9 Å². The van der Waals surface area contributed by atoms with Crippen LogP contribution < -0.4 is 0 Å². The van der Waals surface area contributed by atoms with Gasteiger partial charge in [-0.1, -0.05) is 23.8 Å². The molecular formula is C15H20O3. The van der Waals surface area contributed by atoms with Crippen LogP contribution in [0.2, 0.25) is 0 Å². The number of carbonyl (C=O) groups is 1. The van der Waals surface area contributed by atoms with E-state index in [1.807, 2.05) is 19.9 Å². The molecule has 0 unspecified atom stereocenters. The van der Waals surface area contributed by atoms with E-state index in [2.05, 4.69) is 12.1 Å². The van der Waals surface area contributed by atoms with Crippen molar-refractivity contribution in [3.63, 3.8) is 0 Å². The second-order valence-electron chi connectivity index (χ2n) is 5.82. The topological polar surface area (TPSA) is 46.5 Å². The smallest absolute Gasteiger partial charge is 0.310 e. The molecule has 1 aromatic carbocycles. The quantitative estimate of drug-likeness (QED) is 0.894. The van der Waals surface area contributed by atoms with Gasteiger partial charge < -0.3 is 9.84 Å². The van der Waals surface area contributed by atoms with E-state index < -0.39 is 16.8 Å². The van der Waals surface area contributed by atoms with Crippen LogP contribution in [0.25, 0.3) is 0 Å². The molecule has 1 saturated heterocycles. The van der Waals surface area contributed by atoms with Gasteiger partial charge in [-0.15, -0.1) is 0 Å². The van der Waals surface area contributed by atoms with E-state index in [0.717, 1.165) is 11.1 Å². The zero-order valence-electron chi connectivity index (χ0n) is 11.4. The predicted molar refractivity (Wildman–Crippen MR) is 69.8 cm³/mol. The first kappa shape index (κ1) is 13.1. The first-order valence-corrected chi connectivity index (χ1v) is 6.20. The number of hydrogen-bond donors (Lipinski definition) is 1.